The minimum absolute atomic E-state index is 0.366. The minimum atomic E-state index is -0.854. The van der Waals surface area contributed by atoms with Gasteiger partial charge in [-0.25, -0.2) is 9.69 Å². The molecule has 1 saturated heterocycles. The van der Waals surface area contributed by atoms with E-state index in [9.17, 15) is 14.4 Å². The highest BCUT2D eigenvalue weighted by Gasteiger charge is 2.40. The van der Waals surface area contributed by atoms with Crippen LogP contribution in [-0.2, 0) is 16.0 Å². The molecule has 0 spiro atoms. The number of carbonyl (C=O) groups excluding carboxylic acids is 3. The molecule has 3 rings (SSSR count). The van der Waals surface area contributed by atoms with Crippen LogP contribution in [0.15, 0.2) is 60.7 Å². The summed E-state index contributed by atoms with van der Waals surface area (Å²) >= 11 is 0. The summed E-state index contributed by atoms with van der Waals surface area (Å²) < 4.78 is 0. The van der Waals surface area contributed by atoms with Crippen LogP contribution in [0.4, 0.5) is 10.5 Å². The number of amides is 4. The van der Waals surface area contributed by atoms with E-state index in [0.717, 1.165) is 10.5 Å². The Morgan fingerprint density at radius 2 is 1.48 bits per heavy atom. The molecule has 4 amide bonds. The second-order valence-corrected chi connectivity index (χ2v) is 5.38. The molecule has 2 aromatic rings. The lowest BCUT2D eigenvalue weighted by atomic mass is 9.95. The zero-order valence-corrected chi connectivity index (χ0v) is 12.4. The summed E-state index contributed by atoms with van der Waals surface area (Å²) in [5, 5.41) is 2.27. The topological polar surface area (TPSA) is 66.5 Å². The molecule has 0 aliphatic carbocycles. The van der Waals surface area contributed by atoms with Crippen LogP contribution in [0.5, 0.6) is 0 Å². The standard InChI is InChI=1S/C18H16N2O3/c21-16-15(12-11-13-7-3-1-4-8-13)17(22)20(18(23)19-16)14-9-5-2-6-10-14/h1-10,15H,11-12H2,(H,19,21,23). The first-order valence-corrected chi connectivity index (χ1v) is 7.44. The number of hydrogen-bond donors (Lipinski definition) is 1. The number of carbonyl (C=O) groups is 3. The van der Waals surface area contributed by atoms with Crippen LogP contribution >= 0.6 is 0 Å². The van der Waals surface area contributed by atoms with Crippen molar-refractivity contribution in [1.29, 1.82) is 0 Å². The number of urea groups is 1. The number of para-hydroxylation sites is 1. The van der Waals surface area contributed by atoms with Gasteiger partial charge in [-0.05, 0) is 30.5 Å². The second-order valence-electron chi connectivity index (χ2n) is 5.38. The van der Waals surface area contributed by atoms with E-state index in [1.807, 2.05) is 30.3 Å². The van der Waals surface area contributed by atoms with Gasteiger partial charge in [0.25, 0.3) is 0 Å². The fourth-order valence-electron chi connectivity index (χ4n) is 2.65. The molecule has 0 bridgehead atoms. The summed E-state index contributed by atoms with van der Waals surface area (Å²) in [7, 11) is 0. The second kappa shape index (κ2) is 6.44. The van der Waals surface area contributed by atoms with Crippen molar-refractivity contribution >= 4 is 23.5 Å². The molecule has 1 aliphatic rings. The molecule has 23 heavy (non-hydrogen) atoms. The summed E-state index contributed by atoms with van der Waals surface area (Å²) in [6, 6.07) is 17.6. The van der Waals surface area contributed by atoms with Crippen LogP contribution in [0, 0.1) is 5.92 Å². The first-order chi connectivity index (χ1) is 11.2. The number of barbiturate groups is 1. The summed E-state index contributed by atoms with van der Waals surface area (Å²) in [5.41, 5.74) is 1.52. The number of imide groups is 2. The number of nitrogens with zero attached hydrogens (tertiary/aromatic N) is 1. The molecule has 116 valence electrons. The number of benzene rings is 2. The van der Waals surface area contributed by atoms with E-state index in [-0.39, 0.29) is 0 Å². The lowest BCUT2D eigenvalue weighted by molar-refractivity contribution is -0.134. The van der Waals surface area contributed by atoms with Gasteiger partial charge in [0.15, 0.2) is 0 Å². The van der Waals surface area contributed by atoms with E-state index < -0.39 is 23.8 Å². The third-order valence-electron chi connectivity index (χ3n) is 3.85. The number of rotatable bonds is 4. The average Bonchev–Trinajstić information content (AvgIpc) is 2.56. The van der Waals surface area contributed by atoms with Crippen molar-refractivity contribution in [2.75, 3.05) is 4.90 Å². The summed E-state index contributed by atoms with van der Waals surface area (Å²) in [4.78, 5) is 37.7. The predicted molar refractivity (Wildman–Crippen MR) is 85.7 cm³/mol. The van der Waals surface area contributed by atoms with Crippen molar-refractivity contribution in [2.45, 2.75) is 12.8 Å². The maximum Gasteiger partial charge on any atom is 0.335 e. The lowest BCUT2D eigenvalue weighted by Crippen LogP contribution is -2.58. The Labute approximate surface area is 133 Å². The monoisotopic (exact) mass is 308 g/mol. The van der Waals surface area contributed by atoms with Crippen molar-refractivity contribution in [3.8, 4) is 0 Å². The van der Waals surface area contributed by atoms with Crippen molar-refractivity contribution in [2.24, 2.45) is 5.92 Å². The molecule has 0 aromatic heterocycles. The van der Waals surface area contributed by atoms with Crippen LogP contribution in [0.25, 0.3) is 0 Å². The highest BCUT2D eigenvalue weighted by Crippen LogP contribution is 2.23. The van der Waals surface area contributed by atoms with E-state index in [1.54, 1.807) is 30.3 Å². The normalized spacial score (nSPS) is 18.0. The van der Waals surface area contributed by atoms with Gasteiger partial charge >= 0.3 is 6.03 Å². The van der Waals surface area contributed by atoms with Crippen molar-refractivity contribution in [3.05, 3.63) is 66.2 Å². The third kappa shape index (κ3) is 3.13. The molecule has 2 aromatic carbocycles. The molecule has 0 radical (unpaired) electrons. The van der Waals surface area contributed by atoms with Gasteiger partial charge in [0.1, 0.15) is 5.92 Å². The number of aryl methyl sites for hydroxylation is 1. The summed E-state index contributed by atoms with van der Waals surface area (Å²) in [6.07, 6.45) is 0.965. The zero-order valence-electron chi connectivity index (χ0n) is 12.4. The fraction of sp³-hybridized carbons (Fsp3) is 0.167. The highest BCUT2D eigenvalue weighted by atomic mass is 16.2. The maximum atomic E-state index is 12.6. The third-order valence-corrected chi connectivity index (χ3v) is 3.85. The Bertz CT molecular complexity index is 728. The maximum absolute atomic E-state index is 12.6. The van der Waals surface area contributed by atoms with E-state index >= 15 is 0 Å². The van der Waals surface area contributed by atoms with E-state index in [1.165, 1.54) is 0 Å². The Balaban J connectivity index is 1.78. The van der Waals surface area contributed by atoms with Gasteiger partial charge in [-0.3, -0.25) is 14.9 Å². The van der Waals surface area contributed by atoms with Gasteiger partial charge in [0, 0.05) is 0 Å². The molecule has 1 heterocycles. The first-order valence-electron chi connectivity index (χ1n) is 7.44. The largest absolute Gasteiger partial charge is 0.335 e. The Morgan fingerprint density at radius 1 is 0.870 bits per heavy atom. The van der Waals surface area contributed by atoms with Gasteiger partial charge in [-0.2, -0.15) is 0 Å². The molecule has 1 atom stereocenters. The van der Waals surface area contributed by atoms with Crippen LogP contribution in [-0.4, -0.2) is 17.8 Å². The van der Waals surface area contributed by atoms with Crippen molar-refractivity contribution in [3.63, 3.8) is 0 Å². The molecule has 1 unspecified atom stereocenters. The number of hydrogen-bond acceptors (Lipinski definition) is 3. The molecule has 5 nitrogen and oxygen atoms in total. The summed E-state index contributed by atoms with van der Waals surface area (Å²) in [6.45, 7) is 0. The van der Waals surface area contributed by atoms with E-state index in [2.05, 4.69) is 5.32 Å². The van der Waals surface area contributed by atoms with E-state index in [0.29, 0.717) is 18.5 Å². The van der Waals surface area contributed by atoms with Gasteiger partial charge in [-0.15, -0.1) is 0 Å². The first kappa shape index (κ1) is 15.0. The molecule has 1 fully saturated rings. The average molecular weight is 308 g/mol. The fourth-order valence-corrected chi connectivity index (χ4v) is 2.65. The number of anilines is 1. The Hall–Kier alpha value is -2.95. The Morgan fingerprint density at radius 3 is 2.13 bits per heavy atom. The predicted octanol–water partition coefficient (Wildman–Crippen LogP) is 2.52. The highest BCUT2D eigenvalue weighted by molar-refractivity contribution is 6.27. The van der Waals surface area contributed by atoms with Crippen LogP contribution in [0.3, 0.4) is 0 Å². The molecular formula is C18H16N2O3. The number of nitrogens with one attached hydrogen (secondary N) is 1. The van der Waals surface area contributed by atoms with Gasteiger partial charge in [-0.1, -0.05) is 48.5 Å². The summed E-state index contributed by atoms with van der Waals surface area (Å²) in [5.74, 6) is -1.85. The van der Waals surface area contributed by atoms with Crippen molar-refractivity contribution in [1.82, 2.24) is 5.32 Å². The molecule has 0 saturated carbocycles. The molecular weight excluding hydrogens is 292 g/mol. The van der Waals surface area contributed by atoms with E-state index in [4.69, 9.17) is 0 Å². The zero-order chi connectivity index (χ0) is 16.2. The minimum Gasteiger partial charge on any atom is -0.277 e. The lowest BCUT2D eigenvalue weighted by Gasteiger charge is -2.30. The van der Waals surface area contributed by atoms with Gasteiger partial charge in [0.2, 0.25) is 11.8 Å². The van der Waals surface area contributed by atoms with Gasteiger partial charge < -0.3 is 0 Å². The molecule has 5 heteroatoms. The van der Waals surface area contributed by atoms with Crippen LogP contribution in [0.2, 0.25) is 0 Å². The smallest absolute Gasteiger partial charge is 0.277 e. The SMILES string of the molecule is O=C1NC(=O)N(c2ccccc2)C(=O)C1CCc1ccccc1. The Kier molecular flexibility index (Phi) is 4.19. The quantitative estimate of drug-likeness (QED) is 0.883. The van der Waals surface area contributed by atoms with Crippen LogP contribution in [0.1, 0.15) is 12.0 Å². The molecule has 1 aliphatic heterocycles. The van der Waals surface area contributed by atoms with Crippen LogP contribution < -0.4 is 10.2 Å². The van der Waals surface area contributed by atoms with Crippen molar-refractivity contribution < 1.29 is 14.4 Å². The molecule has 1 N–H and O–H groups in total. The van der Waals surface area contributed by atoms with Gasteiger partial charge in [0.05, 0.1) is 5.69 Å².